The SMILES string of the molecule is O=C(COC(=O)c1ccc(-c2ccc(Cl)c([N+](=O)[O-])c2)o1)c1ccc(Cl)cc1. The van der Waals surface area contributed by atoms with E-state index in [4.69, 9.17) is 32.4 Å². The minimum Gasteiger partial charge on any atom is -0.451 e. The van der Waals surface area contributed by atoms with Crippen LogP contribution in [0.5, 0.6) is 0 Å². The number of Topliss-reactive ketones (excluding diaryl/α,β-unsaturated/α-hetero) is 1. The molecule has 0 saturated carbocycles. The van der Waals surface area contributed by atoms with E-state index in [-0.39, 0.29) is 22.2 Å². The average Bonchev–Trinajstić information content (AvgIpc) is 3.17. The molecule has 0 spiro atoms. The Balaban J connectivity index is 1.69. The van der Waals surface area contributed by atoms with E-state index in [1.54, 1.807) is 12.1 Å². The molecule has 0 radical (unpaired) electrons. The molecule has 0 aliphatic heterocycles. The Hall–Kier alpha value is -3.16. The fraction of sp³-hybridized carbons (Fsp3) is 0.0526. The van der Waals surface area contributed by atoms with Gasteiger partial charge in [-0.05, 0) is 48.5 Å². The van der Waals surface area contributed by atoms with Gasteiger partial charge in [0.25, 0.3) is 5.69 Å². The van der Waals surface area contributed by atoms with E-state index >= 15 is 0 Å². The number of ketones is 1. The first-order valence-electron chi connectivity index (χ1n) is 7.85. The lowest BCUT2D eigenvalue weighted by molar-refractivity contribution is -0.384. The maximum Gasteiger partial charge on any atom is 0.374 e. The van der Waals surface area contributed by atoms with Crippen molar-refractivity contribution in [3.63, 3.8) is 0 Å². The standard InChI is InChI=1S/C19H11Cl2NO6/c20-13-4-1-11(2-5-13)16(23)10-27-19(24)18-8-7-17(28-18)12-3-6-14(21)15(9-12)22(25)26/h1-9H,10H2. The highest BCUT2D eigenvalue weighted by atomic mass is 35.5. The van der Waals surface area contributed by atoms with Gasteiger partial charge in [-0.15, -0.1) is 0 Å². The summed E-state index contributed by atoms with van der Waals surface area (Å²) >= 11 is 11.5. The number of rotatable bonds is 6. The predicted molar refractivity (Wildman–Crippen MR) is 102 cm³/mol. The molecule has 0 amide bonds. The van der Waals surface area contributed by atoms with E-state index < -0.39 is 23.3 Å². The van der Waals surface area contributed by atoms with E-state index in [2.05, 4.69) is 0 Å². The van der Waals surface area contributed by atoms with Crippen LogP contribution in [0.1, 0.15) is 20.9 Å². The first-order valence-corrected chi connectivity index (χ1v) is 8.61. The number of halogens is 2. The third-order valence-corrected chi connectivity index (χ3v) is 4.31. The number of furan rings is 1. The molecule has 3 aromatic rings. The van der Waals surface area contributed by atoms with Crippen molar-refractivity contribution in [1.29, 1.82) is 0 Å². The quantitative estimate of drug-likeness (QED) is 0.235. The van der Waals surface area contributed by atoms with Crippen molar-refractivity contribution in [1.82, 2.24) is 0 Å². The van der Waals surface area contributed by atoms with Gasteiger partial charge in [-0.3, -0.25) is 14.9 Å². The van der Waals surface area contributed by atoms with Crippen LogP contribution in [0, 0.1) is 10.1 Å². The topological polar surface area (TPSA) is 99.7 Å². The summed E-state index contributed by atoms with van der Waals surface area (Å²) in [7, 11) is 0. The number of carbonyl (C=O) groups excluding carboxylic acids is 2. The number of hydrogen-bond donors (Lipinski definition) is 0. The fourth-order valence-electron chi connectivity index (χ4n) is 2.33. The number of nitro benzene ring substituents is 1. The van der Waals surface area contributed by atoms with Crippen LogP contribution in [0.4, 0.5) is 5.69 Å². The van der Waals surface area contributed by atoms with Gasteiger partial charge in [0.2, 0.25) is 5.76 Å². The van der Waals surface area contributed by atoms with E-state index in [0.29, 0.717) is 16.1 Å². The Morgan fingerprint density at radius 1 is 1.04 bits per heavy atom. The Morgan fingerprint density at radius 2 is 1.75 bits per heavy atom. The van der Waals surface area contributed by atoms with Gasteiger partial charge in [0.05, 0.1) is 4.92 Å². The highest BCUT2D eigenvalue weighted by Gasteiger charge is 2.18. The van der Waals surface area contributed by atoms with Crippen molar-refractivity contribution in [2.75, 3.05) is 6.61 Å². The number of nitro groups is 1. The molecule has 0 aliphatic rings. The normalized spacial score (nSPS) is 10.5. The second-order valence-corrected chi connectivity index (χ2v) is 6.44. The Labute approximate surface area is 168 Å². The highest BCUT2D eigenvalue weighted by Crippen LogP contribution is 2.31. The molecule has 0 fully saturated rings. The smallest absolute Gasteiger partial charge is 0.374 e. The van der Waals surface area contributed by atoms with Crippen molar-refractivity contribution in [2.24, 2.45) is 0 Å². The summed E-state index contributed by atoms with van der Waals surface area (Å²) < 4.78 is 10.4. The summed E-state index contributed by atoms with van der Waals surface area (Å²) in [6.07, 6.45) is 0. The van der Waals surface area contributed by atoms with Gasteiger partial charge >= 0.3 is 5.97 Å². The third-order valence-electron chi connectivity index (χ3n) is 3.74. The zero-order valence-corrected chi connectivity index (χ0v) is 15.6. The Morgan fingerprint density at radius 3 is 2.43 bits per heavy atom. The number of hydrogen-bond acceptors (Lipinski definition) is 6. The molecule has 7 nitrogen and oxygen atoms in total. The Bertz CT molecular complexity index is 1060. The molecule has 142 valence electrons. The van der Waals surface area contributed by atoms with Gasteiger partial charge in [-0.1, -0.05) is 23.2 Å². The van der Waals surface area contributed by atoms with Crippen molar-refractivity contribution in [2.45, 2.75) is 0 Å². The molecule has 0 bridgehead atoms. The minimum atomic E-state index is -0.836. The summed E-state index contributed by atoms with van der Waals surface area (Å²) in [6.45, 7) is -0.469. The zero-order chi connectivity index (χ0) is 20.3. The lowest BCUT2D eigenvalue weighted by Crippen LogP contribution is -2.13. The van der Waals surface area contributed by atoms with Crippen LogP contribution in [0.2, 0.25) is 10.0 Å². The number of carbonyl (C=O) groups is 2. The molecular weight excluding hydrogens is 409 g/mol. The molecule has 0 aliphatic carbocycles. The summed E-state index contributed by atoms with van der Waals surface area (Å²) in [5, 5.41) is 11.5. The largest absolute Gasteiger partial charge is 0.451 e. The molecule has 9 heteroatoms. The van der Waals surface area contributed by atoms with E-state index in [1.165, 1.54) is 42.5 Å². The second-order valence-electron chi connectivity index (χ2n) is 5.59. The van der Waals surface area contributed by atoms with Crippen LogP contribution in [0.15, 0.2) is 59.0 Å². The lowest BCUT2D eigenvalue weighted by atomic mass is 10.1. The average molecular weight is 420 g/mol. The minimum absolute atomic E-state index is 0.0133. The Kier molecular flexibility index (Phi) is 5.77. The van der Waals surface area contributed by atoms with E-state index in [1.807, 2.05) is 0 Å². The van der Waals surface area contributed by atoms with Crippen LogP contribution >= 0.6 is 23.2 Å². The first kappa shape index (κ1) is 19.6. The van der Waals surface area contributed by atoms with Crippen LogP contribution in [-0.4, -0.2) is 23.3 Å². The van der Waals surface area contributed by atoms with Gasteiger partial charge in [0, 0.05) is 22.2 Å². The number of nitrogens with zero attached hydrogens (tertiary/aromatic N) is 1. The lowest BCUT2D eigenvalue weighted by Gasteiger charge is -2.03. The van der Waals surface area contributed by atoms with Crippen molar-refractivity contribution < 1.29 is 23.7 Å². The van der Waals surface area contributed by atoms with Gasteiger partial charge < -0.3 is 9.15 Å². The van der Waals surface area contributed by atoms with Gasteiger partial charge in [0.15, 0.2) is 12.4 Å². The summed E-state index contributed by atoms with van der Waals surface area (Å²) in [5.41, 5.74) is 0.437. The first-order chi connectivity index (χ1) is 13.3. The summed E-state index contributed by atoms with van der Waals surface area (Å²) in [5.74, 6) is -1.16. The van der Waals surface area contributed by atoms with Gasteiger partial charge in [-0.2, -0.15) is 0 Å². The number of benzene rings is 2. The molecule has 0 unspecified atom stereocenters. The molecule has 1 heterocycles. The molecule has 2 aromatic carbocycles. The second kappa shape index (κ2) is 8.24. The van der Waals surface area contributed by atoms with Gasteiger partial charge in [0.1, 0.15) is 10.8 Å². The molecule has 1 aromatic heterocycles. The highest BCUT2D eigenvalue weighted by molar-refractivity contribution is 6.32. The molecule has 0 N–H and O–H groups in total. The number of esters is 1. The van der Waals surface area contributed by atoms with Crippen LogP contribution in [-0.2, 0) is 4.74 Å². The molecule has 0 atom stereocenters. The van der Waals surface area contributed by atoms with Crippen LogP contribution in [0.25, 0.3) is 11.3 Å². The van der Waals surface area contributed by atoms with Gasteiger partial charge in [-0.25, -0.2) is 4.79 Å². The fourth-order valence-corrected chi connectivity index (χ4v) is 2.64. The predicted octanol–water partition coefficient (Wildman–Crippen LogP) is 5.20. The van der Waals surface area contributed by atoms with Crippen molar-refractivity contribution >= 4 is 40.6 Å². The maximum absolute atomic E-state index is 12.1. The zero-order valence-electron chi connectivity index (χ0n) is 14.1. The summed E-state index contributed by atoms with van der Waals surface area (Å²) in [4.78, 5) is 34.5. The molecule has 3 rings (SSSR count). The van der Waals surface area contributed by atoms with Crippen LogP contribution < -0.4 is 0 Å². The van der Waals surface area contributed by atoms with E-state index in [0.717, 1.165) is 0 Å². The third kappa shape index (κ3) is 4.39. The summed E-state index contributed by atoms with van der Waals surface area (Å²) in [6, 6.07) is 13.1. The van der Waals surface area contributed by atoms with E-state index in [9.17, 15) is 19.7 Å². The van der Waals surface area contributed by atoms with Crippen molar-refractivity contribution in [3.05, 3.63) is 86.1 Å². The monoisotopic (exact) mass is 419 g/mol. The van der Waals surface area contributed by atoms with Crippen LogP contribution in [0.3, 0.4) is 0 Å². The molecule has 28 heavy (non-hydrogen) atoms. The molecule has 0 saturated heterocycles. The maximum atomic E-state index is 12.1. The molecular formula is C19H11Cl2NO6. The number of ether oxygens (including phenoxy) is 1. The van der Waals surface area contributed by atoms with Crippen molar-refractivity contribution in [3.8, 4) is 11.3 Å².